The molecule has 1 N–H and O–H groups in total. The minimum Gasteiger partial charge on any atom is -0.493 e. The first-order valence-electron chi connectivity index (χ1n) is 9.20. The summed E-state index contributed by atoms with van der Waals surface area (Å²) < 4.78 is 11.4. The maximum Gasteiger partial charge on any atom is 0.246 e. The Balaban J connectivity index is 1.64. The molecule has 0 saturated carbocycles. The van der Waals surface area contributed by atoms with Crippen LogP contribution in [0.2, 0.25) is 0 Å². The van der Waals surface area contributed by atoms with Crippen molar-refractivity contribution >= 4 is 12.0 Å². The average Bonchev–Trinajstić information content (AvgIpc) is 2.71. The van der Waals surface area contributed by atoms with Gasteiger partial charge >= 0.3 is 0 Å². The number of hydrogen-bond donors (Lipinski definition) is 1. The van der Waals surface area contributed by atoms with E-state index in [4.69, 9.17) is 9.47 Å². The third kappa shape index (κ3) is 5.34. The van der Waals surface area contributed by atoms with Crippen molar-refractivity contribution in [3.05, 3.63) is 65.2 Å². The van der Waals surface area contributed by atoms with Gasteiger partial charge in [-0.1, -0.05) is 35.9 Å². The summed E-state index contributed by atoms with van der Waals surface area (Å²) in [6, 6.07) is 13.9. The molecule has 1 aliphatic heterocycles. The molecule has 1 heterocycles. The molecule has 2 aromatic carbocycles. The van der Waals surface area contributed by atoms with Crippen molar-refractivity contribution in [3.63, 3.8) is 0 Å². The molecule has 0 bridgehead atoms. The zero-order valence-corrected chi connectivity index (χ0v) is 15.9. The predicted octanol–water partition coefficient (Wildman–Crippen LogP) is 3.03. The fourth-order valence-electron chi connectivity index (χ4n) is 3.03. The van der Waals surface area contributed by atoms with Gasteiger partial charge in [-0.05, 0) is 36.3 Å². The summed E-state index contributed by atoms with van der Waals surface area (Å²) in [6.45, 7) is 5.73. The molecule has 0 aliphatic carbocycles. The molecular formula is C22H26N2O3. The minimum absolute atomic E-state index is 0.0373. The summed E-state index contributed by atoms with van der Waals surface area (Å²) in [4.78, 5) is 14.1. The van der Waals surface area contributed by atoms with Gasteiger partial charge in [0.2, 0.25) is 5.91 Å². The lowest BCUT2D eigenvalue weighted by atomic mass is 10.1. The van der Waals surface area contributed by atoms with E-state index in [2.05, 4.69) is 24.4 Å². The largest absolute Gasteiger partial charge is 0.493 e. The molecule has 1 fully saturated rings. The fraction of sp³-hybridized carbons (Fsp3) is 0.318. The Labute approximate surface area is 160 Å². The van der Waals surface area contributed by atoms with E-state index in [1.165, 1.54) is 5.56 Å². The van der Waals surface area contributed by atoms with Crippen LogP contribution in [0.15, 0.2) is 48.5 Å². The maximum absolute atomic E-state index is 12.2. The van der Waals surface area contributed by atoms with E-state index in [0.717, 1.165) is 37.3 Å². The van der Waals surface area contributed by atoms with Crippen LogP contribution < -0.4 is 14.8 Å². The number of piperazine rings is 1. The van der Waals surface area contributed by atoms with Gasteiger partial charge in [0.15, 0.2) is 11.5 Å². The smallest absolute Gasteiger partial charge is 0.246 e. The van der Waals surface area contributed by atoms with Crippen molar-refractivity contribution in [2.75, 3.05) is 33.3 Å². The monoisotopic (exact) mass is 366 g/mol. The molecule has 0 aromatic heterocycles. The lowest BCUT2D eigenvalue weighted by molar-refractivity contribution is -0.126. The van der Waals surface area contributed by atoms with Crippen molar-refractivity contribution < 1.29 is 14.3 Å². The van der Waals surface area contributed by atoms with E-state index in [9.17, 15) is 4.79 Å². The predicted molar refractivity (Wildman–Crippen MR) is 107 cm³/mol. The molecule has 142 valence electrons. The zero-order chi connectivity index (χ0) is 19.1. The van der Waals surface area contributed by atoms with E-state index in [1.54, 1.807) is 13.2 Å². The van der Waals surface area contributed by atoms with Crippen LogP contribution in [0.5, 0.6) is 11.5 Å². The number of carbonyl (C=O) groups excluding carboxylic acids is 1. The normalized spacial score (nSPS) is 14.4. The Morgan fingerprint density at radius 1 is 1.15 bits per heavy atom. The number of aryl methyl sites for hydroxylation is 1. The molecule has 0 spiro atoms. The second kappa shape index (κ2) is 9.24. The van der Waals surface area contributed by atoms with Crippen molar-refractivity contribution in [1.29, 1.82) is 0 Å². The van der Waals surface area contributed by atoms with Gasteiger partial charge < -0.3 is 19.7 Å². The van der Waals surface area contributed by atoms with Crippen LogP contribution in [0, 0.1) is 6.92 Å². The highest BCUT2D eigenvalue weighted by Gasteiger charge is 2.13. The van der Waals surface area contributed by atoms with E-state index >= 15 is 0 Å². The topological polar surface area (TPSA) is 50.8 Å². The third-order valence-corrected chi connectivity index (χ3v) is 4.51. The number of amides is 1. The first-order valence-corrected chi connectivity index (χ1v) is 9.20. The Bertz CT molecular complexity index is 811. The third-order valence-electron chi connectivity index (χ3n) is 4.51. The summed E-state index contributed by atoms with van der Waals surface area (Å²) in [5.41, 5.74) is 3.22. The minimum atomic E-state index is 0.0373. The van der Waals surface area contributed by atoms with Crippen LogP contribution in [0.25, 0.3) is 6.08 Å². The van der Waals surface area contributed by atoms with E-state index in [-0.39, 0.29) is 5.91 Å². The van der Waals surface area contributed by atoms with Gasteiger partial charge in [-0.3, -0.25) is 4.79 Å². The van der Waals surface area contributed by atoms with Crippen molar-refractivity contribution in [1.82, 2.24) is 10.2 Å². The highest BCUT2D eigenvalue weighted by Crippen LogP contribution is 2.29. The lowest BCUT2D eigenvalue weighted by Crippen LogP contribution is -2.45. The highest BCUT2D eigenvalue weighted by molar-refractivity contribution is 5.92. The Morgan fingerprint density at radius 2 is 1.96 bits per heavy atom. The number of hydrogen-bond acceptors (Lipinski definition) is 4. The summed E-state index contributed by atoms with van der Waals surface area (Å²) in [5.74, 6) is 1.37. The van der Waals surface area contributed by atoms with Crippen molar-refractivity contribution in [2.24, 2.45) is 0 Å². The molecule has 1 aliphatic rings. The number of rotatable bonds is 6. The van der Waals surface area contributed by atoms with Crippen LogP contribution in [-0.4, -0.2) is 44.1 Å². The van der Waals surface area contributed by atoms with Gasteiger partial charge in [0.1, 0.15) is 6.61 Å². The molecule has 0 radical (unpaired) electrons. The van der Waals surface area contributed by atoms with Crippen LogP contribution in [-0.2, 0) is 11.4 Å². The molecular weight excluding hydrogens is 340 g/mol. The average molecular weight is 366 g/mol. The van der Waals surface area contributed by atoms with Gasteiger partial charge in [-0.2, -0.15) is 0 Å². The molecule has 5 nitrogen and oxygen atoms in total. The molecule has 3 rings (SSSR count). The summed E-state index contributed by atoms with van der Waals surface area (Å²) >= 11 is 0. The molecule has 27 heavy (non-hydrogen) atoms. The lowest BCUT2D eigenvalue weighted by Gasteiger charge is -2.26. The Kier molecular flexibility index (Phi) is 6.49. The van der Waals surface area contributed by atoms with E-state index in [0.29, 0.717) is 18.1 Å². The maximum atomic E-state index is 12.2. The van der Waals surface area contributed by atoms with Crippen molar-refractivity contribution in [3.8, 4) is 11.5 Å². The first kappa shape index (κ1) is 19.0. The number of nitrogens with one attached hydrogen (secondary N) is 1. The summed E-state index contributed by atoms with van der Waals surface area (Å²) in [5, 5.41) is 3.24. The van der Waals surface area contributed by atoms with Crippen LogP contribution >= 0.6 is 0 Å². The number of methoxy groups -OCH3 is 1. The highest BCUT2D eigenvalue weighted by atomic mass is 16.5. The summed E-state index contributed by atoms with van der Waals surface area (Å²) in [6.07, 6.45) is 3.44. The number of ether oxygens (including phenoxy) is 2. The Morgan fingerprint density at radius 3 is 2.70 bits per heavy atom. The van der Waals surface area contributed by atoms with Gasteiger partial charge in [0.25, 0.3) is 0 Å². The first-order chi connectivity index (χ1) is 13.2. The van der Waals surface area contributed by atoms with Gasteiger partial charge in [-0.15, -0.1) is 0 Å². The van der Waals surface area contributed by atoms with Gasteiger partial charge in [-0.25, -0.2) is 0 Å². The second-order valence-electron chi connectivity index (χ2n) is 6.60. The molecule has 1 amide bonds. The number of carbonyl (C=O) groups is 1. The molecule has 5 heteroatoms. The van der Waals surface area contributed by atoms with Crippen LogP contribution in [0.3, 0.4) is 0 Å². The zero-order valence-electron chi connectivity index (χ0n) is 15.9. The van der Waals surface area contributed by atoms with E-state index < -0.39 is 0 Å². The van der Waals surface area contributed by atoms with Gasteiger partial charge in [0.05, 0.1) is 7.11 Å². The second-order valence-corrected chi connectivity index (χ2v) is 6.60. The van der Waals surface area contributed by atoms with Crippen molar-refractivity contribution in [2.45, 2.75) is 13.5 Å². The van der Waals surface area contributed by atoms with Crippen LogP contribution in [0.4, 0.5) is 0 Å². The number of benzene rings is 2. The van der Waals surface area contributed by atoms with Crippen LogP contribution in [0.1, 0.15) is 16.7 Å². The quantitative estimate of drug-likeness (QED) is 0.799. The molecule has 0 unspecified atom stereocenters. The molecule has 2 aromatic rings. The van der Waals surface area contributed by atoms with E-state index in [1.807, 2.05) is 41.3 Å². The number of nitrogens with zero attached hydrogens (tertiary/aromatic N) is 1. The van der Waals surface area contributed by atoms with Gasteiger partial charge in [0, 0.05) is 32.3 Å². The molecule has 1 saturated heterocycles. The molecule has 0 atom stereocenters. The SMILES string of the molecule is COc1cc(/C=C/C(=O)N2CCNCC2)ccc1OCc1cccc(C)c1. The Hall–Kier alpha value is -2.79. The fourth-order valence-corrected chi connectivity index (χ4v) is 3.03. The summed E-state index contributed by atoms with van der Waals surface area (Å²) in [7, 11) is 1.62. The standard InChI is InChI=1S/C22H26N2O3/c1-17-4-3-5-19(14-17)16-27-20-8-6-18(15-21(20)26-2)7-9-22(25)24-12-10-23-11-13-24/h3-9,14-15,23H,10-13,16H2,1-2H3/b9-7+.